The summed E-state index contributed by atoms with van der Waals surface area (Å²) in [7, 11) is 0. The van der Waals surface area contributed by atoms with Crippen molar-refractivity contribution in [2.45, 2.75) is 32.4 Å². The molecule has 84 valence electrons. The third kappa shape index (κ3) is 4.65. The van der Waals surface area contributed by atoms with Crippen molar-refractivity contribution in [2.75, 3.05) is 6.54 Å². The summed E-state index contributed by atoms with van der Waals surface area (Å²) in [6.07, 6.45) is 0.746. The maximum atomic E-state index is 9.77. The van der Waals surface area contributed by atoms with Gasteiger partial charge in [-0.2, -0.15) is 0 Å². The van der Waals surface area contributed by atoms with Gasteiger partial charge in [0, 0.05) is 18.1 Å². The SMILES string of the molecule is CCC(C)(O)CNCc1cccc(Cl)c1. The number of hydrogen-bond acceptors (Lipinski definition) is 2. The predicted molar refractivity (Wildman–Crippen MR) is 64.1 cm³/mol. The van der Waals surface area contributed by atoms with Crippen LogP contribution in [-0.2, 0) is 6.54 Å². The molecule has 0 fully saturated rings. The van der Waals surface area contributed by atoms with Crippen molar-refractivity contribution in [3.63, 3.8) is 0 Å². The van der Waals surface area contributed by atoms with E-state index in [4.69, 9.17) is 11.6 Å². The average molecular weight is 228 g/mol. The van der Waals surface area contributed by atoms with Gasteiger partial charge in [-0.3, -0.25) is 0 Å². The molecular weight excluding hydrogens is 210 g/mol. The molecule has 0 aliphatic rings. The second-order valence-corrected chi connectivity index (χ2v) is 4.52. The molecule has 0 saturated heterocycles. The minimum absolute atomic E-state index is 0.593. The first-order valence-electron chi connectivity index (χ1n) is 5.21. The molecule has 3 heteroatoms. The second kappa shape index (κ2) is 5.50. The van der Waals surface area contributed by atoms with E-state index in [1.807, 2.05) is 38.1 Å². The second-order valence-electron chi connectivity index (χ2n) is 4.08. The van der Waals surface area contributed by atoms with Gasteiger partial charge in [-0.05, 0) is 31.0 Å². The molecule has 0 saturated carbocycles. The molecule has 0 aliphatic carbocycles. The summed E-state index contributed by atoms with van der Waals surface area (Å²) in [5.74, 6) is 0. The molecule has 0 radical (unpaired) electrons. The van der Waals surface area contributed by atoms with Crippen LogP contribution in [0.25, 0.3) is 0 Å². The number of nitrogens with one attached hydrogen (secondary N) is 1. The highest BCUT2D eigenvalue weighted by molar-refractivity contribution is 6.30. The Morgan fingerprint density at radius 2 is 2.20 bits per heavy atom. The Hall–Kier alpha value is -0.570. The molecule has 0 aromatic heterocycles. The fourth-order valence-electron chi connectivity index (χ4n) is 1.25. The lowest BCUT2D eigenvalue weighted by molar-refractivity contribution is 0.0555. The molecule has 0 amide bonds. The van der Waals surface area contributed by atoms with Crippen LogP contribution in [0.1, 0.15) is 25.8 Å². The Labute approximate surface area is 96.3 Å². The first kappa shape index (κ1) is 12.5. The van der Waals surface area contributed by atoms with Gasteiger partial charge in [0.15, 0.2) is 0 Å². The Bertz CT molecular complexity index is 312. The van der Waals surface area contributed by atoms with Gasteiger partial charge in [0.1, 0.15) is 0 Å². The normalized spacial score (nSPS) is 14.9. The maximum absolute atomic E-state index is 9.77. The fraction of sp³-hybridized carbons (Fsp3) is 0.500. The molecular formula is C12H18ClNO. The minimum atomic E-state index is -0.626. The molecule has 0 aliphatic heterocycles. The molecule has 1 aromatic carbocycles. The molecule has 2 nitrogen and oxygen atoms in total. The molecule has 1 unspecified atom stereocenters. The summed E-state index contributed by atoms with van der Waals surface area (Å²) in [4.78, 5) is 0. The van der Waals surface area contributed by atoms with Gasteiger partial charge in [0.25, 0.3) is 0 Å². The average Bonchev–Trinajstić information content (AvgIpc) is 2.18. The Balaban J connectivity index is 2.38. The molecule has 1 aromatic rings. The van der Waals surface area contributed by atoms with Crippen molar-refractivity contribution < 1.29 is 5.11 Å². The van der Waals surface area contributed by atoms with Crippen LogP contribution in [-0.4, -0.2) is 17.3 Å². The molecule has 0 heterocycles. The van der Waals surface area contributed by atoms with Crippen LogP contribution in [0.15, 0.2) is 24.3 Å². The highest BCUT2D eigenvalue weighted by Crippen LogP contribution is 2.11. The van der Waals surface area contributed by atoms with E-state index in [0.717, 1.165) is 23.6 Å². The van der Waals surface area contributed by atoms with Crippen LogP contribution < -0.4 is 5.32 Å². The number of hydrogen-bond donors (Lipinski definition) is 2. The van der Waals surface area contributed by atoms with Crippen LogP contribution in [0.2, 0.25) is 5.02 Å². The summed E-state index contributed by atoms with van der Waals surface area (Å²) < 4.78 is 0. The van der Waals surface area contributed by atoms with E-state index in [0.29, 0.717) is 6.54 Å². The van der Waals surface area contributed by atoms with Crippen LogP contribution in [0.5, 0.6) is 0 Å². The van der Waals surface area contributed by atoms with Crippen molar-refractivity contribution >= 4 is 11.6 Å². The zero-order valence-corrected chi connectivity index (χ0v) is 10.0. The summed E-state index contributed by atoms with van der Waals surface area (Å²) >= 11 is 5.86. The lowest BCUT2D eigenvalue weighted by atomic mass is 10.0. The fourth-order valence-corrected chi connectivity index (χ4v) is 1.46. The standard InChI is InChI=1S/C12H18ClNO/c1-3-12(2,15)9-14-8-10-5-4-6-11(13)7-10/h4-7,14-15H,3,8-9H2,1-2H3. The third-order valence-electron chi connectivity index (χ3n) is 2.49. The van der Waals surface area contributed by atoms with Crippen LogP contribution in [0.4, 0.5) is 0 Å². The summed E-state index contributed by atoms with van der Waals surface area (Å²) in [5.41, 5.74) is 0.507. The zero-order chi connectivity index (χ0) is 11.3. The van der Waals surface area contributed by atoms with E-state index >= 15 is 0 Å². The van der Waals surface area contributed by atoms with E-state index in [2.05, 4.69) is 5.32 Å². The number of aliphatic hydroxyl groups is 1. The van der Waals surface area contributed by atoms with Crippen molar-refractivity contribution in [3.05, 3.63) is 34.9 Å². The van der Waals surface area contributed by atoms with Crippen molar-refractivity contribution in [1.29, 1.82) is 0 Å². The highest BCUT2D eigenvalue weighted by atomic mass is 35.5. The van der Waals surface area contributed by atoms with Gasteiger partial charge >= 0.3 is 0 Å². The number of benzene rings is 1. The Morgan fingerprint density at radius 1 is 1.47 bits per heavy atom. The monoisotopic (exact) mass is 227 g/mol. The van der Waals surface area contributed by atoms with Crippen LogP contribution >= 0.6 is 11.6 Å². The van der Waals surface area contributed by atoms with Gasteiger partial charge < -0.3 is 10.4 Å². The maximum Gasteiger partial charge on any atom is 0.0741 e. The van der Waals surface area contributed by atoms with Crippen molar-refractivity contribution in [1.82, 2.24) is 5.32 Å². The van der Waals surface area contributed by atoms with Gasteiger partial charge in [-0.25, -0.2) is 0 Å². The van der Waals surface area contributed by atoms with Gasteiger partial charge in [0.05, 0.1) is 5.60 Å². The highest BCUT2D eigenvalue weighted by Gasteiger charge is 2.15. The molecule has 0 spiro atoms. The molecule has 2 N–H and O–H groups in total. The lowest BCUT2D eigenvalue weighted by Crippen LogP contribution is -2.36. The smallest absolute Gasteiger partial charge is 0.0741 e. The summed E-state index contributed by atoms with van der Waals surface area (Å²) in [6, 6.07) is 7.72. The quantitative estimate of drug-likeness (QED) is 0.811. The summed E-state index contributed by atoms with van der Waals surface area (Å²) in [5, 5.41) is 13.7. The third-order valence-corrected chi connectivity index (χ3v) is 2.72. The van der Waals surface area contributed by atoms with Crippen molar-refractivity contribution in [3.8, 4) is 0 Å². The van der Waals surface area contributed by atoms with Gasteiger partial charge in [-0.15, -0.1) is 0 Å². The van der Waals surface area contributed by atoms with E-state index in [-0.39, 0.29) is 0 Å². The van der Waals surface area contributed by atoms with E-state index in [1.54, 1.807) is 0 Å². The molecule has 0 bridgehead atoms. The summed E-state index contributed by atoms with van der Waals surface area (Å²) in [6.45, 7) is 5.13. The first-order chi connectivity index (χ1) is 7.03. The van der Waals surface area contributed by atoms with Crippen LogP contribution in [0, 0.1) is 0 Å². The molecule has 15 heavy (non-hydrogen) atoms. The molecule has 1 atom stereocenters. The zero-order valence-electron chi connectivity index (χ0n) is 9.26. The van der Waals surface area contributed by atoms with E-state index < -0.39 is 5.60 Å². The Kier molecular flexibility index (Phi) is 4.58. The number of halogens is 1. The van der Waals surface area contributed by atoms with E-state index in [9.17, 15) is 5.11 Å². The minimum Gasteiger partial charge on any atom is -0.389 e. The van der Waals surface area contributed by atoms with Crippen LogP contribution in [0.3, 0.4) is 0 Å². The van der Waals surface area contributed by atoms with E-state index in [1.165, 1.54) is 0 Å². The number of rotatable bonds is 5. The van der Waals surface area contributed by atoms with Gasteiger partial charge in [-0.1, -0.05) is 30.7 Å². The predicted octanol–water partition coefficient (Wildman–Crippen LogP) is 2.59. The topological polar surface area (TPSA) is 32.3 Å². The first-order valence-corrected chi connectivity index (χ1v) is 5.59. The lowest BCUT2D eigenvalue weighted by Gasteiger charge is -2.21. The van der Waals surface area contributed by atoms with Crippen molar-refractivity contribution in [2.24, 2.45) is 0 Å². The largest absolute Gasteiger partial charge is 0.389 e. The molecule has 1 rings (SSSR count). The van der Waals surface area contributed by atoms with Gasteiger partial charge in [0.2, 0.25) is 0 Å². The Morgan fingerprint density at radius 3 is 2.80 bits per heavy atom.